The highest BCUT2D eigenvalue weighted by Gasteiger charge is 2.25. The number of methoxy groups -OCH3 is 2. The van der Waals surface area contributed by atoms with E-state index in [0.717, 1.165) is 5.56 Å². The molecule has 234 valence electrons. The lowest BCUT2D eigenvalue weighted by Gasteiger charge is -2.20. The lowest BCUT2D eigenvalue weighted by molar-refractivity contribution is 0.0513. The summed E-state index contributed by atoms with van der Waals surface area (Å²) >= 11 is 0. The van der Waals surface area contributed by atoms with Crippen LogP contribution in [0.3, 0.4) is 0 Å². The Morgan fingerprint density at radius 1 is 0.886 bits per heavy atom. The van der Waals surface area contributed by atoms with Gasteiger partial charge in [0.2, 0.25) is 15.8 Å². The number of ether oxygens (including phenoxy) is 4. The van der Waals surface area contributed by atoms with Gasteiger partial charge in [0.05, 0.1) is 26.6 Å². The first-order valence-corrected chi connectivity index (χ1v) is 15.5. The number of nitrogens with zero attached hydrogens (tertiary/aromatic N) is 2. The highest BCUT2D eigenvalue weighted by Crippen LogP contribution is 2.41. The molecule has 0 amide bonds. The predicted octanol–water partition coefficient (Wildman–Crippen LogP) is 4.92. The molecule has 4 aromatic rings. The first-order valence-electron chi connectivity index (χ1n) is 13.8. The summed E-state index contributed by atoms with van der Waals surface area (Å²) in [5.41, 5.74) is 2.09. The van der Waals surface area contributed by atoms with Crippen LogP contribution < -0.4 is 23.7 Å². The van der Waals surface area contributed by atoms with E-state index < -0.39 is 22.7 Å². The number of aromatic nitrogens is 2. The van der Waals surface area contributed by atoms with Crippen LogP contribution in [0, 0.1) is 0 Å². The third-order valence-corrected chi connectivity index (χ3v) is 7.73. The molecule has 0 fully saturated rings. The Kier molecular flexibility index (Phi) is 10.3. The normalized spacial score (nSPS) is 12.3. The molecule has 1 aromatic heterocycles. The second kappa shape index (κ2) is 13.9. The Morgan fingerprint density at radius 3 is 2.14 bits per heavy atom. The predicted molar refractivity (Wildman–Crippen MR) is 167 cm³/mol. The topological polar surface area (TPSA) is 149 Å². The van der Waals surface area contributed by atoms with E-state index >= 15 is 0 Å². The van der Waals surface area contributed by atoms with Crippen molar-refractivity contribution in [3.8, 4) is 40.3 Å². The van der Waals surface area contributed by atoms with Gasteiger partial charge in [-0.25, -0.2) is 13.4 Å². The Bertz CT molecular complexity index is 1650. The number of benzene rings is 3. The van der Waals surface area contributed by atoms with Gasteiger partial charge >= 0.3 is 0 Å². The van der Waals surface area contributed by atoms with Crippen molar-refractivity contribution in [2.24, 2.45) is 0 Å². The van der Waals surface area contributed by atoms with Crippen LogP contribution in [0.2, 0.25) is 0 Å². The van der Waals surface area contributed by atoms with Crippen molar-refractivity contribution in [1.29, 1.82) is 0 Å². The fourth-order valence-corrected chi connectivity index (χ4v) is 5.24. The smallest absolute Gasteiger partial charge is 0.263 e. The summed E-state index contributed by atoms with van der Waals surface area (Å²) in [7, 11) is -1.04. The Labute approximate surface area is 257 Å². The van der Waals surface area contributed by atoms with Gasteiger partial charge in [-0.2, -0.15) is 4.98 Å². The summed E-state index contributed by atoms with van der Waals surface area (Å²) in [5.74, 6) is 0.442. The van der Waals surface area contributed by atoms with Crippen LogP contribution in [0.15, 0.2) is 72.8 Å². The van der Waals surface area contributed by atoms with Crippen LogP contribution in [0.25, 0.3) is 11.4 Å². The van der Waals surface area contributed by atoms with Crippen molar-refractivity contribution in [3.63, 3.8) is 0 Å². The minimum absolute atomic E-state index is 0.0841. The summed E-state index contributed by atoms with van der Waals surface area (Å²) in [6.45, 7) is 5.33. The minimum atomic E-state index is -4.05. The third kappa shape index (κ3) is 8.37. The zero-order valence-corrected chi connectivity index (χ0v) is 26.1. The Morgan fingerprint density at radius 2 is 1.55 bits per heavy atom. The number of sulfonamides is 1. The van der Waals surface area contributed by atoms with Gasteiger partial charge in [0, 0.05) is 5.56 Å². The highest BCUT2D eigenvalue weighted by molar-refractivity contribution is 7.91. The lowest BCUT2D eigenvalue weighted by Crippen LogP contribution is -2.22. The molecule has 0 spiro atoms. The molecule has 3 N–H and O–H groups in total. The van der Waals surface area contributed by atoms with E-state index in [1.165, 1.54) is 14.2 Å². The van der Waals surface area contributed by atoms with Gasteiger partial charge in [-0.05, 0) is 52.9 Å². The number of anilines is 1. The molecule has 0 aliphatic rings. The lowest BCUT2D eigenvalue weighted by atomic mass is 9.87. The van der Waals surface area contributed by atoms with Gasteiger partial charge < -0.3 is 29.2 Å². The molecule has 1 atom stereocenters. The molecule has 0 aliphatic heterocycles. The number of rotatable bonds is 13. The van der Waals surface area contributed by atoms with E-state index in [-0.39, 0.29) is 46.8 Å². The molecule has 0 radical (unpaired) electrons. The van der Waals surface area contributed by atoms with E-state index in [1.807, 2.05) is 12.1 Å². The summed E-state index contributed by atoms with van der Waals surface area (Å²) in [5, 5.41) is 19.4. The van der Waals surface area contributed by atoms with Crippen molar-refractivity contribution < 1.29 is 37.6 Å². The molecule has 0 aliphatic carbocycles. The first-order chi connectivity index (χ1) is 20.9. The number of aliphatic hydroxyl groups excluding tert-OH is 2. The Balaban J connectivity index is 1.81. The van der Waals surface area contributed by atoms with Crippen LogP contribution >= 0.6 is 0 Å². The fraction of sp³-hybridized carbons (Fsp3) is 0.312. The second-order valence-corrected chi connectivity index (χ2v) is 12.7. The highest BCUT2D eigenvalue weighted by atomic mass is 32.2. The first kappa shape index (κ1) is 32.5. The van der Waals surface area contributed by atoms with Crippen LogP contribution in [0.1, 0.15) is 31.9 Å². The van der Waals surface area contributed by atoms with E-state index in [0.29, 0.717) is 22.6 Å². The molecular formula is C32H37N3O8S. The second-order valence-electron chi connectivity index (χ2n) is 11.0. The van der Waals surface area contributed by atoms with E-state index in [2.05, 4.69) is 35.5 Å². The molecule has 4 rings (SSSR count). The summed E-state index contributed by atoms with van der Waals surface area (Å²) in [6.07, 6.45) is -1.23. The van der Waals surface area contributed by atoms with Crippen molar-refractivity contribution in [3.05, 3.63) is 83.9 Å². The molecule has 0 unspecified atom stereocenters. The van der Waals surface area contributed by atoms with Crippen molar-refractivity contribution in [2.45, 2.75) is 38.0 Å². The Hall–Kier alpha value is -4.39. The molecule has 44 heavy (non-hydrogen) atoms. The summed E-state index contributed by atoms with van der Waals surface area (Å²) < 4.78 is 52.2. The number of aliphatic hydroxyl groups is 2. The minimum Gasteiger partial charge on any atom is -0.497 e. The van der Waals surface area contributed by atoms with Gasteiger partial charge in [0.25, 0.3) is 5.88 Å². The number of hydrogen-bond donors (Lipinski definition) is 3. The monoisotopic (exact) mass is 623 g/mol. The molecule has 0 saturated heterocycles. The van der Waals surface area contributed by atoms with Gasteiger partial charge in [-0.1, -0.05) is 57.2 Å². The summed E-state index contributed by atoms with van der Waals surface area (Å²) in [4.78, 5) is 9.03. The van der Waals surface area contributed by atoms with Gasteiger partial charge in [-0.15, -0.1) is 0 Å². The number of hydrogen-bond acceptors (Lipinski definition) is 10. The van der Waals surface area contributed by atoms with E-state index in [1.54, 1.807) is 60.7 Å². The standard InChI is InChI=1S/C32H37N3O8S/c1-32(2,3)23-14-10-21(11-15-23)20-44(38,39)35-30-28(43-27-9-7-6-8-26(27)41-5)31(42-19-24(37)18-36)34-29(33-30)22-12-16-25(40-4)17-13-22/h6-17,24,36-37H,18-20H2,1-5H3,(H,33,34,35)/t24-/m1/s1. The molecule has 11 nitrogen and oxygen atoms in total. The average molecular weight is 624 g/mol. The average Bonchev–Trinajstić information content (AvgIpc) is 3.00. The maximum Gasteiger partial charge on any atom is 0.263 e. The molecule has 1 heterocycles. The van der Waals surface area contributed by atoms with E-state index in [4.69, 9.17) is 18.9 Å². The van der Waals surface area contributed by atoms with Crippen LogP contribution in [-0.2, 0) is 21.2 Å². The van der Waals surface area contributed by atoms with Crippen LogP contribution in [0.5, 0.6) is 28.9 Å². The molecule has 0 bridgehead atoms. The zero-order chi connectivity index (χ0) is 31.9. The summed E-state index contributed by atoms with van der Waals surface area (Å²) in [6, 6.07) is 21.0. The van der Waals surface area contributed by atoms with E-state index in [9.17, 15) is 18.6 Å². The quantitative estimate of drug-likeness (QED) is 0.187. The van der Waals surface area contributed by atoms with Crippen molar-refractivity contribution >= 4 is 15.8 Å². The van der Waals surface area contributed by atoms with Crippen LogP contribution in [0.4, 0.5) is 5.82 Å². The van der Waals surface area contributed by atoms with Gasteiger partial charge in [-0.3, -0.25) is 4.72 Å². The third-order valence-electron chi connectivity index (χ3n) is 6.52. The maximum absolute atomic E-state index is 13.6. The van der Waals surface area contributed by atoms with Gasteiger partial charge in [0.1, 0.15) is 18.5 Å². The van der Waals surface area contributed by atoms with Crippen molar-refractivity contribution in [2.75, 3.05) is 32.2 Å². The SMILES string of the molecule is COc1ccc(-c2nc(NS(=O)(=O)Cc3ccc(C(C)(C)C)cc3)c(Oc3ccccc3OC)c(OC[C@H](O)CO)n2)cc1. The number of nitrogens with one attached hydrogen (secondary N) is 1. The molecular weight excluding hydrogens is 586 g/mol. The molecule has 12 heteroatoms. The zero-order valence-electron chi connectivity index (χ0n) is 25.3. The van der Waals surface area contributed by atoms with Crippen LogP contribution in [-0.4, -0.2) is 62.1 Å². The fourth-order valence-electron chi connectivity index (χ4n) is 4.10. The van der Waals surface area contributed by atoms with Gasteiger partial charge in [0.15, 0.2) is 23.1 Å². The number of para-hydroxylation sites is 2. The largest absolute Gasteiger partial charge is 0.497 e. The maximum atomic E-state index is 13.6. The molecule has 0 saturated carbocycles. The van der Waals surface area contributed by atoms with Crippen molar-refractivity contribution in [1.82, 2.24) is 9.97 Å². The molecule has 3 aromatic carbocycles.